The van der Waals surface area contributed by atoms with E-state index in [0.717, 1.165) is 12.8 Å². The quantitative estimate of drug-likeness (QED) is 0.416. The maximum atomic E-state index is 12.4. The SMILES string of the molecule is C#CCCCO[C@H]1[C@@H](OC(=O)c2ccccc2)[C@H](OC)O[C@@H]1CC. The summed E-state index contributed by atoms with van der Waals surface area (Å²) >= 11 is 0. The van der Waals surface area contributed by atoms with Crippen molar-refractivity contribution in [3.05, 3.63) is 35.9 Å². The van der Waals surface area contributed by atoms with Crippen molar-refractivity contribution in [2.75, 3.05) is 13.7 Å². The van der Waals surface area contributed by atoms with Gasteiger partial charge in [-0.2, -0.15) is 0 Å². The summed E-state index contributed by atoms with van der Waals surface area (Å²) in [5.41, 5.74) is 0.485. The first kappa shape index (κ1) is 18.5. The Labute approximate surface area is 143 Å². The maximum Gasteiger partial charge on any atom is 0.338 e. The highest BCUT2D eigenvalue weighted by Crippen LogP contribution is 2.29. The molecule has 0 bridgehead atoms. The highest BCUT2D eigenvalue weighted by molar-refractivity contribution is 5.89. The highest BCUT2D eigenvalue weighted by atomic mass is 16.7. The average Bonchev–Trinajstić information content (AvgIpc) is 2.96. The lowest BCUT2D eigenvalue weighted by Crippen LogP contribution is -2.39. The van der Waals surface area contributed by atoms with E-state index in [1.54, 1.807) is 24.3 Å². The van der Waals surface area contributed by atoms with Gasteiger partial charge in [-0.3, -0.25) is 0 Å². The van der Waals surface area contributed by atoms with Crippen molar-refractivity contribution >= 4 is 5.97 Å². The first-order valence-corrected chi connectivity index (χ1v) is 8.20. The van der Waals surface area contributed by atoms with Crippen LogP contribution in [0.1, 0.15) is 36.5 Å². The number of carbonyl (C=O) groups is 1. The molecule has 130 valence electrons. The van der Waals surface area contributed by atoms with Crippen LogP contribution in [0.3, 0.4) is 0 Å². The third kappa shape index (κ3) is 4.57. The van der Waals surface area contributed by atoms with E-state index in [4.69, 9.17) is 25.4 Å². The molecule has 0 aromatic heterocycles. The van der Waals surface area contributed by atoms with Crippen LogP contribution in [0.5, 0.6) is 0 Å². The van der Waals surface area contributed by atoms with Crippen LogP contribution in [0, 0.1) is 12.3 Å². The third-order valence-corrected chi connectivity index (χ3v) is 3.93. The van der Waals surface area contributed by atoms with E-state index in [9.17, 15) is 4.79 Å². The van der Waals surface area contributed by atoms with E-state index in [0.29, 0.717) is 18.6 Å². The van der Waals surface area contributed by atoms with E-state index >= 15 is 0 Å². The maximum absolute atomic E-state index is 12.4. The highest BCUT2D eigenvalue weighted by Gasteiger charge is 2.47. The fourth-order valence-electron chi connectivity index (χ4n) is 2.70. The number of hydrogen-bond acceptors (Lipinski definition) is 5. The van der Waals surface area contributed by atoms with Crippen molar-refractivity contribution in [2.45, 2.75) is 50.8 Å². The van der Waals surface area contributed by atoms with Crippen molar-refractivity contribution in [1.29, 1.82) is 0 Å². The fraction of sp³-hybridized carbons (Fsp3) is 0.526. The average molecular weight is 332 g/mol. The Bertz CT molecular complexity index is 551. The van der Waals surface area contributed by atoms with Crippen LogP contribution in [-0.2, 0) is 18.9 Å². The number of unbranched alkanes of at least 4 members (excludes halogenated alkanes) is 1. The lowest BCUT2D eigenvalue weighted by molar-refractivity contribution is -0.150. The van der Waals surface area contributed by atoms with Gasteiger partial charge in [-0.15, -0.1) is 12.3 Å². The van der Waals surface area contributed by atoms with Crippen LogP contribution in [0.4, 0.5) is 0 Å². The molecule has 0 N–H and O–H groups in total. The standard InChI is InChI=1S/C19H24O5/c1-4-6-10-13-22-16-15(5-2)23-19(21-3)17(16)24-18(20)14-11-8-7-9-12-14/h1,7-9,11-12,15-17,19H,5-6,10,13H2,2-3H3/t15-,16-,17-,19-/m1/s1. The van der Waals surface area contributed by atoms with E-state index in [2.05, 4.69) is 5.92 Å². The summed E-state index contributed by atoms with van der Waals surface area (Å²) < 4.78 is 22.7. The van der Waals surface area contributed by atoms with Gasteiger partial charge in [0, 0.05) is 20.1 Å². The minimum absolute atomic E-state index is 0.186. The molecule has 0 aliphatic carbocycles. The molecule has 1 aromatic rings. The Morgan fingerprint density at radius 1 is 1.29 bits per heavy atom. The Balaban J connectivity index is 2.06. The molecule has 0 spiro atoms. The van der Waals surface area contributed by atoms with Gasteiger partial charge in [0.2, 0.25) is 0 Å². The van der Waals surface area contributed by atoms with Crippen molar-refractivity contribution in [2.24, 2.45) is 0 Å². The number of hydrogen-bond donors (Lipinski definition) is 0. The molecule has 0 saturated carbocycles. The zero-order valence-corrected chi connectivity index (χ0v) is 14.1. The largest absolute Gasteiger partial charge is 0.450 e. The minimum atomic E-state index is -0.639. The monoisotopic (exact) mass is 332 g/mol. The zero-order chi connectivity index (χ0) is 17.4. The van der Waals surface area contributed by atoms with Crippen LogP contribution in [0.2, 0.25) is 0 Å². The van der Waals surface area contributed by atoms with Gasteiger partial charge in [0.15, 0.2) is 12.4 Å². The second-order valence-corrected chi connectivity index (χ2v) is 5.57. The van der Waals surface area contributed by atoms with E-state index in [1.807, 2.05) is 13.0 Å². The van der Waals surface area contributed by atoms with Gasteiger partial charge in [-0.1, -0.05) is 25.1 Å². The second kappa shape index (κ2) is 9.43. The Morgan fingerprint density at radius 3 is 2.67 bits per heavy atom. The summed E-state index contributed by atoms with van der Waals surface area (Å²) in [6.45, 7) is 2.49. The molecule has 24 heavy (non-hydrogen) atoms. The lowest BCUT2D eigenvalue weighted by atomic mass is 10.1. The molecule has 1 aromatic carbocycles. The van der Waals surface area contributed by atoms with Crippen LogP contribution in [0.25, 0.3) is 0 Å². The molecule has 1 heterocycles. The summed E-state index contributed by atoms with van der Waals surface area (Å²) in [5, 5.41) is 0. The Kier molecular flexibility index (Phi) is 7.26. The lowest BCUT2D eigenvalue weighted by Gasteiger charge is -2.23. The van der Waals surface area contributed by atoms with Crippen molar-refractivity contribution in [1.82, 2.24) is 0 Å². The van der Waals surface area contributed by atoms with Gasteiger partial charge >= 0.3 is 5.97 Å². The van der Waals surface area contributed by atoms with Crippen LogP contribution >= 0.6 is 0 Å². The van der Waals surface area contributed by atoms with Gasteiger partial charge in [-0.05, 0) is 25.0 Å². The van der Waals surface area contributed by atoms with Crippen molar-refractivity contribution in [3.8, 4) is 12.3 Å². The van der Waals surface area contributed by atoms with E-state index in [1.165, 1.54) is 7.11 Å². The Hall–Kier alpha value is -1.87. The van der Waals surface area contributed by atoms with Crippen LogP contribution in [-0.4, -0.2) is 44.3 Å². The van der Waals surface area contributed by atoms with E-state index in [-0.39, 0.29) is 12.2 Å². The molecular weight excluding hydrogens is 308 g/mol. The molecular formula is C19H24O5. The predicted molar refractivity (Wildman–Crippen MR) is 89.4 cm³/mol. The topological polar surface area (TPSA) is 54.0 Å². The molecule has 0 radical (unpaired) electrons. The summed E-state index contributed by atoms with van der Waals surface area (Å²) in [4.78, 5) is 12.4. The number of carbonyl (C=O) groups excluding carboxylic acids is 1. The molecule has 5 heteroatoms. The molecule has 0 unspecified atom stereocenters. The molecule has 5 nitrogen and oxygen atoms in total. The first-order chi connectivity index (χ1) is 11.7. The summed E-state index contributed by atoms with van der Waals surface area (Å²) in [6, 6.07) is 8.84. The van der Waals surface area contributed by atoms with E-state index < -0.39 is 18.4 Å². The molecule has 2 rings (SSSR count). The van der Waals surface area contributed by atoms with Crippen molar-refractivity contribution < 1.29 is 23.7 Å². The molecule has 4 atom stereocenters. The molecule has 1 saturated heterocycles. The molecule has 1 fully saturated rings. The number of methoxy groups -OCH3 is 1. The summed E-state index contributed by atoms with van der Waals surface area (Å²) in [7, 11) is 1.53. The molecule has 1 aliphatic rings. The number of esters is 1. The molecule has 0 amide bonds. The number of terminal acetylenes is 1. The smallest absolute Gasteiger partial charge is 0.338 e. The van der Waals surface area contributed by atoms with Gasteiger partial charge in [0.1, 0.15) is 6.10 Å². The van der Waals surface area contributed by atoms with Crippen LogP contribution in [0.15, 0.2) is 30.3 Å². The molecule has 1 aliphatic heterocycles. The van der Waals surface area contributed by atoms with Gasteiger partial charge in [-0.25, -0.2) is 4.79 Å². The van der Waals surface area contributed by atoms with Gasteiger partial charge in [0.05, 0.1) is 11.7 Å². The van der Waals surface area contributed by atoms with Crippen LogP contribution < -0.4 is 0 Å². The Morgan fingerprint density at radius 2 is 2.04 bits per heavy atom. The normalized spacial score (nSPS) is 26.0. The predicted octanol–water partition coefficient (Wildman–Crippen LogP) is 2.79. The minimum Gasteiger partial charge on any atom is -0.450 e. The first-order valence-electron chi connectivity index (χ1n) is 8.20. The van der Waals surface area contributed by atoms with Gasteiger partial charge < -0.3 is 18.9 Å². The zero-order valence-electron chi connectivity index (χ0n) is 14.1. The number of ether oxygens (including phenoxy) is 4. The third-order valence-electron chi connectivity index (χ3n) is 3.93. The summed E-state index contributed by atoms with van der Waals surface area (Å²) in [6.07, 6.45) is 5.58. The summed E-state index contributed by atoms with van der Waals surface area (Å²) in [5.74, 6) is 2.17. The number of rotatable bonds is 8. The van der Waals surface area contributed by atoms with Crippen molar-refractivity contribution in [3.63, 3.8) is 0 Å². The van der Waals surface area contributed by atoms with Gasteiger partial charge in [0.25, 0.3) is 0 Å². The second-order valence-electron chi connectivity index (χ2n) is 5.57. The fourth-order valence-corrected chi connectivity index (χ4v) is 2.70. The number of benzene rings is 1.